The van der Waals surface area contributed by atoms with E-state index in [1.165, 1.54) is 0 Å². The van der Waals surface area contributed by atoms with Gasteiger partial charge in [0.2, 0.25) is 0 Å². The Morgan fingerprint density at radius 2 is 1.89 bits per heavy atom. The van der Waals surface area contributed by atoms with Crippen LogP contribution in [0.2, 0.25) is 0 Å². The second kappa shape index (κ2) is 7.25. The molecule has 1 aromatic rings. The Bertz CT molecular complexity index is 429. The Hall–Kier alpha value is -2.24. The normalized spacial score (nSPS) is 10.1. The van der Waals surface area contributed by atoms with E-state index >= 15 is 0 Å². The summed E-state index contributed by atoms with van der Waals surface area (Å²) >= 11 is 0. The first-order chi connectivity index (χ1) is 8.97. The number of ether oxygens (including phenoxy) is 1. The summed E-state index contributed by atoms with van der Waals surface area (Å²) in [4.78, 5) is 21.7. The summed E-state index contributed by atoms with van der Waals surface area (Å²) in [5.74, 6) is -0.220. The van der Waals surface area contributed by atoms with Gasteiger partial charge in [0.05, 0.1) is 12.5 Å². The summed E-state index contributed by atoms with van der Waals surface area (Å²) in [5, 5.41) is 13.5. The maximum atomic E-state index is 11.4. The van der Waals surface area contributed by atoms with E-state index in [1.54, 1.807) is 24.3 Å². The van der Waals surface area contributed by atoms with Crippen LogP contribution in [0.5, 0.6) is 5.75 Å². The number of carboxylic acids is 1. The molecule has 3 N–H and O–H groups in total. The predicted octanol–water partition coefficient (Wildman–Crippen LogP) is 2.07. The first-order valence-electron chi connectivity index (χ1n) is 6.00. The third kappa shape index (κ3) is 6.30. The van der Waals surface area contributed by atoms with Crippen LogP contribution >= 0.6 is 0 Å². The maximum absolute atomic E-state index is 11.4. The molecule has 6 nitrogen and oxygen atoms in total. The molecule has 0 heterocycles. The van der Waals surface area contributed by atoms with Crippen molar-refractivity contribution in [2.24, 2.45) is 0 Å². The fourth-order valence-electron chi connectivity index (χ4n) is 1.35. The number of nitrogens with one attached hydrogen (secondary N) is 2. The van der Waals surface area contributed by atoms with Crippen LogP contribution in [0.15, 0.2) is 24.3 Å². The molecule has 6 heteroatoms. The number of benzene rings is 1. The Labute approximate surface area is 111 Å². The topological polar surface area (TPSA) is 87.7 Å². The van der Waals surface area contributed by atoms with Crippen LogP contribution in [0.4, 0.5) is 10.5 Å². The number of hydrogen-bond donors (Lipinski definition) is 3. The van der Waals surface area contributed by atoms with Crippen molar-refractivity contribution >= 4 is 17.7 Å². The smallest absolute Gasteiger partial charge is 0.319 e. The summed E-state index contributed by atoms with van der Waals surface area (Å²) in [6, 6.07) is 6.52. The molecule has 0 bridgehead atoms. The molecule has 0 aliphatic carbocycles. The summed E-state index contributed by atoms with van der Waals surface area (Å²) < 4.78 is 5.47. The van der Waals surface area contributed by atoms with Crippen LogP contribution < -0.4 is 15.4 Å². The van der Waals surface area contributed by atoms with Gasteiger partial charge < -0.3 is 20.5 Å². The third-order valence-electron chi connectivity index (χ3n) is 2.11. The van der Waals surface area contributed by atoms with Crippen LogP contribution in [0.1, 0.15) is 20.3 Å². The van der Waals surface area contributed by atoms with Crippen molar-refractivity contribution in [3.63, 3.8) is 0 Å². The Balaban J connectivity index is 2.40. The van der Waals surface area contributed by atoms with Crippen LogP contribution in [0, 0.1) is 0 Å². The van der Waals surface area contributed by atoms with Gasteiger partial charge in [-0.25, -0.2) is 4.79 Å². The minimum atomic E-state index is -0.949. The molecule has 0 spiro atoms. The standard InChI is InChI=1S/C13H18N2O4/c1-9(2)19-11-5-3-10(4-6-11)15-13(18)14-8-7-12(16)17/h3-6,9H,7-8H2,1-2H3,(H,16,17)(H2,14,15,18). The van der Waals surface area contributed by atoms with Crippen LogP contribution in [0.3, 0.4) is 0 Å². The SMILES string of the molecule is CC(C)Oc1ccc(NC(=O)NCCC(=O)O)cc1. The van der Waals surface area contributed by atoms with Crippen LogP contribution in [-0.2, 0) is 4.79 Å². The molecule has 104 valence electrons. The molecule has 0 saturated heterocycles. The molecule has 0 saturated carbocycles. The van der Waals surface area contributed by atoms with E-state index in [9.17, 15) is 9.59 Å². The second-order valence-corrected chi connectivity index (χ2v) is 4.22. The Kier molecular flexibility index (Phi) is 5.66. The number of hydrogen-bond acceptors (Lipinski definition) is 3. The molecule has 0 aromatic heterocycles. The first-order valence-corrected chi connectivity index (χ1v) is 6.00. The van der Waals surface area contributed by atoms with Crippen molar-refractivity contribution in [1.29, 1.82) is 0 Å². The average molecular weight is 266 g/mol. The van der Waals surface area contributed by atoms with Crippen LogP contribution in [-0.4, -0.2) is 29.8 Å². The first kappa shape index (κ1) is 14.8. The van der Waals surface area contributed by atoms with Crippen molar-refractivity contribution in [3.8, 4) is 5.75 Å². The Morgan fingerprint density at radius 1 is 1.26 bits per heavy atom. The van der Waals surface area contributed by atoms with Gasteiger partial charge in [-0.15, -0.1) is 0 Å². The van der Waals surface area contributed by atoms with Crippen molar-refractivity contribution in [2.45, 2.75) is 26.4 Å². The van der Waals surface area contributed by atoms with Gasteiger partial charge in [-0.2, -0.15) is 0 Å². The lowest BCUT2D eigenvalue weighted by molar-refractivity contribution is -0.136. The molecular weight excluding hydrogens is 248 g/mol. The monoisotopic (exact) mass is 266 g/mol. The highest BCUT2D eigenvalue weighted by atomic mass is 16.5. The zero-order valence-corrected chi connectivity index (χ0v) is 11.0. The molecule has 19 heavy (non-hydrogen) atoms. The van der Waals surface area contributed by atoms with Crippen molar-refractivity contribution < 1.29 is 19.4 Å². The van der Waals surface area contributed by atoms with Crippen molar-refractivity contribution in [3.05, 3.63) is 24.3 Å². The van der Waals surface area contributed by atoms with E-state index in [0.717, 1.165) is 5.75 Å². The molecule has 1 aromatic carbocycles. The van der Waals surface area contributed by atoms with Gasteiger partial charge in [-0.05, 0) is 38.1 Å². The average Bonchev–Trinajstić information content (AvgIpc) is 2.30. The quantitative estimate of drug-likeness (QED) is 0.735. The van der Waals surface area contributed by atoms with E-state index in [4.69, 9.17) is 9.84 Å². The molecule has 0 radical (unpaired) electrons. The molecule has 0 atom stereocenters. The predicted molar refractivity (Wildman–Crippen MR) is 71.5 cm³/mol. The number of anilines is 1. The van der Waals surface area contributed by atoms with Crippen molar-refractivity contribution in [1.82, 2.24) is 5.32 Å². The largest absolute Gasteiger partial charge is 0.491 e. The number of urea groups is 1. The van der Waals surface area contributed by atoms with Gasteiger partial charge in [0, 0.05) is 12.2 Å². The number of carboxylic acid groups (broad SMARTS) is 1. The lowest BCUT2D eigenvalue weighted by Gasteiger charge is -2.11. The maximum Gasteiger partial charge on any atom is 0.319 e. The fourth-order valence-corrected chi connectivity index (χ4v) is 1.35. The number of amides is 2. The van der Waals surface area contributed by atoms with Gasteiger partial charge in [0.1, 0.15) is 5.75 Å². The van der Waals surface area contributed by atoms with E-state index < -0.39 is 12.0 Å². The lowest BCUT2D eigenvalue weighted by atomic mass is 10.3. The van der Waals surface area contributed by atoms with E-state index in [2.05, 4.69) is 10.6 Å². The van der Waals surface area contributed by atoms with Crippen molar-refractivity contribution in [2.75, 3.05) is 11.9 Å². The fraction of sp³-hybridized carbons (Fsp3) is 0.385. The van der Waals surface area contributed by atoms with Crippen LogP contribution in [0.25, 0.3) is 0 Å². The van der Waals surface area contributed by atoms with Gasteiger partial charge in [-0.1, -0.05) is 0 Å². The highest BCUT2D eigenvalue weighted by Gasteiger charge is 2.03. The minimum Gasteiger partial charge on any atom is -0.491 e. The highest BCUT2D eigenvalue weighted by Crippen LogP contribution is 2.16. The summed E-state index contributed by atoms with van der Waals surface area (Å²) in [6.45, 7) is 3.96. The van der Waals surface area contributed by atoms with Gasteiger partial charge >= 0.3 is 12.0 Å². The molecule has 1 rings (SSSR count). The molecule has 0 aliphatic rings. The van der Waals surface area contributed by atoms with Gasteiger partial charge in [0.15, 0.2) is 0 Å². The molecule has 2 amide bonds. The third-order valence-corrected chi connectivity index (χ3v) is 2.11. The number of aliphatic carboxylic acids is 1. The van der Waals surface area contributed by atoms with E-state index in [-0.39, 0.29) is 19.1 Å². The zero-order valence-electron chi connectivity index (χ0n) is 11.0. The summed E-state index contributed by atoms with van der Waals surface area (Å²) in [6.07, 6.45) is -0.00711. The number of carbonyl (C=O) groups is 2. The van der Waals surface area contributed by atoms with Gasteiger partial charge in [0.25, 0.3) is 0 Å². The van der Waals surface area contributed by atoms with E-state index in [0.29, 0.717) is 5.69 Å². The lowest BCUT2D eigenvalue weighted by Crippen LogP contribution is -2.30. The second-order valence-electron chi connectivity index (χ2n) is 4.22. The number of carbonyl (C=O) groups excluding carboxylic acids is 1. The Morgan fingerprint density at radius 3 is 2.42 bits per heavy atom. The molecule has 0 aliphatic heterocycles. The number of rotatable bonds is 6. The van der Waals surface area contributed by atoms with Gasteiger partial charge in [-0.3, -0.25) is 4.79 Å². The summed E-state index contributed by atoms with van der Waals surface area (Å²) in [7, 11) is 0. The molecular formula is C13H18N2O4. The molecule has 0 unspecified atom stereocenters. The zero-order chi connectivity index (χ0) is 14.3. The minimum absolute atomic E-state index is 0.0930. The van der Waals surface area contributed by atoms with E-state index in [1.807, 2.05) is 13.8 Å². The summed E-state index contributed by atoms with van der Waals surface area (Å²) in [5.41, 5.74) is 0.615. The highest BCUT2D eigenvalue weighted by molar-refractivity contribution is 5.89. The molecule has 0 fully saturated rings.